The third-order valence-corrected chi connectivity index (χ3v) is 5.36. The lowest BCUT2D eigenvalue weighted by atomic mass is 9.88. The SMILES string of the molecule is Cc1cc(C(=O)N2CCC[C@]3(C[C@H](N(C)c4ncccn4)CO3)C2)n[nH]1. The van der Waals surface area contributed by atoms with Crippen LogP contribution >= 0.6 is 0 Å². The maximum atomic E-state index is 12.7. The van der Waals surface area contributed by atoms with Gasteiger partial charge in [0.05, 0.1) is 24.8 Å². The average molecular weight is 356 g/mol. The highest BCUT2D eigenvalue weighted by molar-refractivity contribution is 5.92. The summed E-state index contributed by atoms with van der Waals surface area (Å²) in [5, 5.41) is 6.95. The van der Waals surface area contributed by atoms with E-state index in [1.165, 1.54) is 0 Å². The number of carbonyl (C=O) groups excluding carboxylic acids is 1. The molecule has 2 aliphatic heterocycles. The Morgan fingerprint density at radius 2 is 2.23 bits per heavy atom. The van der Waals surface area contributed by atoms with E-state index < -0.39 is 0 Å². The Bertz CT molecular complexity index is 779. The third-order valence-electron chi connectivity index (χ3n) is 5.36. The van der Waals surface area contributed by atoms with Crippen molar-refractivity contribution >= 4 is 11.9 Å². The highest BCUT2D eigenvalue weighted by Crippen LogP contribution is 2.37. The summed E-state index contributed by atoms with van der Waals surface area (Å²) in [7, 11) is 2.00. The van der Waals surface area contributed by atoms with Crippen molar-refractivity contribution in [1.29, 1.82) is 0 Å². The molecular formula is C18H24N6O2. The Morgan fingerprint density at radius 3 is 2.96 bits per heavy atom. The molecule has 2 aromatic heterocycles. The van der Waals surface area contributed by atoms with E-state index in [9.17, 15) is 4.79 Å². The van der Waals surface area contributed by atoms with Gasteiger partial charge in [0.2, 0.25) is 5.95 Å². The number of piperidine rings is 1. The second-order valence-electron chi connectivity index (χ2n) is 7.28. The monoisotopic (exact) mass is 356 g/mol. The predicted molar refractivity (Wildman–Crippen MR) is 96.0 cm³/mol. The largest absolute Gasteiger partial charge is 0.371 e. The first kappa shape index (κ1) is 17.0. The third kappa shape index (κ3) is 3.16. The predicted octanol–water partition coefficient (Wildman–Crippen LogP) is 1.41. The van der Waals surface area contributed by atoms with Gasteiger partial charge in [-0.2, -0.15) is 5.10 Å². The van der Waals surface area contributed by atoms with Gasteiger partial charge in [-0.05, 0) is 31.9 Å². The first-order chi connectivity index (χ1) is 12.6. The van der Waals surface area contributed by atoms with E-state index in [0.717, 1.165) is 31.5 Å². The summed E-state index contributed by atoms with van der Waals surface area (Å²) in [6, 6.07) is 3.81. The normalized spacial score (nSPS) is 25.6. The number of likely N-dealkylation sites (tertiary alicyclic amines) is 1. The first-order valence-electron chi connectivity index (χ1n) is 9.01. The molecule has 0 saturated carbocycles. The zero-order valence-electron chi connectivity index (χ0n) is 15.2. The molecule has 8 heteroatoms. The van der Waals surface area contributed by atoms with Gasteiger partial charge in [-0.15, -0.1) is 0 Å². The summed E-state index contributed by atoms with van der Waals surface area (Å²) in [5.41, 5.74) is 1.08. The molecule has 0 unspecified atom stereocenters. The van der Waals surface area contributed by atoms with Gasteiger partial charge in [-0.3, -0.25) is 9.89 Å². The lowest BCUT2D eigenvalue weighted by Crippen LogP contribution is -2.50. The number of likely N-dealkylation sites (N-methyl/N-ethyl adjacent to an activating group) is 1. The number of H-pyrrole nitrogens is 1. The lowest BCUT2D eigenvalue weighted by molar-refractivity contribution is -0.0448. The number of carbonyl (C=O) groups is 1. The quantitative estimate of drug-likeness (QED) is 0.895. The number of aryl methyl sites for hydroxylation is 1. The number of anilines is 1. The fourth-order valence-corrected chi connectivity index (χ4v) is 3.95. The van der Waals surface area contributed by atoms with Crippen molar-refractivity contribution in [1.82, 2.24) is 25.1 Å². The van der Waals surface area contributed by atoms with Crippen molar-refractivity contribution < 1.29 is 9.53 Å². The molecule has 4 rings (SSSR count). The van der Waals surface area contributed by atoms with Gasteiger partial charge in [0.15, 0.2) is 0 Å². The van der Waals surface area contributed by atoms with Gasteiger partial charge in [0, 0.05) is 38.1 Å². The number of rotatable bonds is 3. The van der Waals surface area contributed by atoms with Gasteiger partial charge < -0.3 is 14.5 Å². The highest BCUT2D eigenvalue weighted by Gasteiger charge is 2.46. The van der Waals surface area contributed by atoms with E-state index in [4.69, 9.17) is 4.74 Å². The van der Waals surface area contributed by atoms with Gasteiger partial charge >= 0.3 is 0 Å². The Morgan fingerprint density at radius 1 is 1.42 bits per heavy atom. The van der Waals surface area contributed by atoms with Crippen molar-refractivity contribution in [3.8, 4) is 0 Å². The van der Waals surface area contributed by atoms with Crippen LogP contribution in [0.1, 0.15) is 35.4 Å². The Labute approximate surface area is 152 Å². The number of hydrogen-bond acceptors (Lipinski definition) is 6. The standard InChI is InChI=1S/C18H24N6O2/c1-13-9-15(22-21-13)16(25)24-8-3-5-18(12-24)10-14(11-26-18)23(2)17-19-6-4-7-20-17/h4,6-7,9,14H,3,5,8,10-12H2,1-2H3,(H,21,22)/t14-,18-/m0/s1. The summed E-state index contributed by atoms with van der Waals surface area (Å²) >= 11 is 0. The summed E-state index contributed by atoms with van der Waals surface area (Å²) in [6.45, 7) is 3.88. The molecule has 1 N–H and O–H groups in total. The molecule has 2 fully saturated rings. The van der Waals surface area contributed by atoms with Crippen LogP contribution in [0.4, 0.5) is 5.95 Å². The lowest BCUT2D eigenvalue weighted by Gasteiger charge is -2.39. The van der Waals surface area contributed by atoms with Crippen LogP contribution in [0.15, 0.2) is 24.5 Å². The van der Waals surface area contributed by atoms with Crippen LogP contribution < -0.4 is 4.90 Å². The van der Waals surface area contributed by atoms with E-state index in [1.54, 1.807) is 18.5 Å². The molecule has 2 atom stereocenters. The van der Waals surface area contributed by atoms with Crippen LogP contribution in [0.25, 0.3) is 0 Å². The van der Waals surface area contributed by atoms with E-state index in [0.29, 0.717) is 24.8 Å². The number of nitrogens with zero attached hydrogens (tertiary/aromatic N) is 5. The Kier molecular flexibility index (Phi) is 4.36. The maximum Gasteiger partial charge on any atom is 0.274 e. The molecule has 4 heterocycles. The van der Waals surface area contributed by atoms with Crippen LogP contribution in [0.3, 0.4) is 0 Å². The van der Waals surface area contributed by atoms with Crippen molar-refractivity contribution in [3.05, 3.63) is 35.9 Å². The number of amides is 1. The molecule has 2 saturated heterocycles. The van der Waals surface area contributed by atoms with Gasteiger partial charge in [-0.1, -0.05) is 0 Å². The number of aromatic nitrogens is 4. The molecule has 8 nitrogen and oxygen atoms in total. The number of hydrogen-bond donors (Lipinski definition) is 1. The summed E-state index contributed by atoms with van der Waals surface area (Å²) in [6.07, 6.45) is 6.27. The van der Waals surface area contributed by atoms with Gasteiger partial charge in [0.25, 0.3) is 5.91 Å². The molecule has 26 heavy (non-hydrogen) atoms. The van der Waals surface area contributed by atoms with Crippen LogP contribution in [-0.2, 0) is 4.74 Å². The van der Waals surface area contributed by atoms with Crippen molar-refractivity contribution in [2.24, 2.45) is 0 Å². The van der Waals surface area contributed by atoms with Crippen LogP contribution in [-0.4, -0.2) is 69.4 Å². The van der Waals surface area contributed by atoms with E-state index >= 15 is 0 Å². The van der Waals surface area contributed by atoms with Gasteiger partial charge in [0.1, 0.15) is 5.69 Å². The van der Waals surface area contributed by atoms with Crippen LogP contribution in [0, 0.1) is 6.92 Å². The topological polar surface area (TPSA) is 87.2 Å². The Hall–Kier alpha value is -2.48. The second-order valence-corrected chi connectivity index (χ2v) is 7.28. The smallest absolute Gasteiger partial charge is 0.274 e. The fraction of sp³-hybridized carbons (Fsp3) is 0.556. The number of aromatic amines is 1. The zero-order chi connectivity index (χ0) is 18.1. The van der Waals surface area contributed by atoms with Crippen LogP contribution in [0.5, 0.6) is 0 Å². The molecule has 2 aliphatic rings. The molecule has 2 aromatic rings. The van der Waals surface area contributed by atoms with Crippen molar-refractivity contribution in [2.75, 3.05) is 31.6 Å². The van der Waals surface area contributed by atoms with E-state index in [-0.39, 0.29) is 17.6 Å². The molecule has 1 amide bonds. The van der Waals surface area contributed by atoms with Crippen molar-refractivity contribution in [3.63, 3.8) is 0 Å². The first-order valence-corrected chi connectivity index (χ1v) is 9.01. The fourth-order valence-electron chi connectivity index (χ4n) is 3.95. The molecule has 0 aromatic carbocycles. The average Bonchev–Trinajstić information content (AvgIpc) is 3.28. The highest BCUT2D eigenvalue weighted by atomic mass is 16.5. The molecular weight excluding hydrogens is 332 g/mol. The summed E-state index contributed by atoms with van der Waals surface area (Å²) in [5.74, 6) is 0.675. The number of nitrogens with one attached hydrogen (secondary N) is 1. The van der Waals surface area contributed by atoms with Crippen molar-refractivity contribution in [2.45, 2.75) is 37.8 Å². The minimum Gasteiger partial charge on any atom is -0.371 e. The summed E-state index contributed by atoms with van der Waals surface area (Å²) in [4.78, 5) is 25.3. The minimum absolute atomic E-state index is 0.0276. The second kappa shape index (κ2) is 6.68. The minimum atomic E-state index is -0.285. The maximum absolute atomic E-state index is 12.7. The molecule has 138 valence electrons. The molecule has 0 radical (unpaired) electrons. The molecule has 1 spiro atoms. The Balaban J connectivity index is 1.45. The zero-order valence-corrected chi connectivity index (χ0v) is 15.2. The molecule has 0 bridgehead atoms. The summed E-state index contributed by atoms with van der Waals surface area (Å²) < 4.78 is 6.24. The van der Waals surface area contributed by atoms with Gasteiger partial charge in [-0.25, -0.2) is 9.97 Å². The number of ether oxygens (including phenoxy) is 1. The van der Waals surface area contributed by atoms with E-state index in [2.05, 4.69) is 25.1 Å². The molecule has 0 aliphatic carbocycles. The van der Waals surface area contributed by atoms with Crippen LogP contribution in [0.2, 0.25) is 0 Å². The van der Waals surface area contributed by atoms with E-state index in [1.807, 2.05) is 24.9 Å².